The SMILES string of the molecule is CCC(C)(CO)NC(=O)Nc1cc(Cl)ccc1N(C)C. The average Bonchev–Trinajstić information content (AvgIpc) is 2.38. The highest BCUT2D eigenvalue weighted by atomic mass is 35.5. The predicted molar refractivity (Wildman–Crippen MR) is 83.7 cm³/mol. The highest BCUT2D eigenvalue weighted by Crippen LogP contribution is 2.27. The van der Waals surface area contributed by atoms with E-state index in [1.54, 1.807) is 19.1 Å². The number of urea groups is 1. The predicted octanol–water partition coefficient (Wildman–Crippen LogP) is 2.69. The molecule has 0 radical (unpaired) electrons. The van der Waals surface area contributed by atoms with Crippen molar-refractivity contribution in [2.75, 3.05) is 30.9 Å². The highest BCUT2D eigenvalue weighted by Gasteiger charge is 2.23. The third kappa shape index (κ3) is 4.28. The Kier molecular flexibility index (Phi) is 5.65. The molecule has 0 aliphatic heterocycles. The van der Waals surface area contributed by atoms with Gasteiger partial charge in [0.2, 0.25) is 0 Å². The Morgan fingerprint density at radius 3 is 2.60 bits per heavy atom. The number of rotatable bonds is 5. The molecular weight excluding hydrogens is 278 g/mol. The normalized spacial score (nSPS) is 13.5. The summed E-state index contributed by atoms with van der Waals surface area (Å²) < 4.78 is 0. The van der Waals surface area contributed by atoms with E-state index in [4.69, 9.17) is 11.6 Å². The topological polar surface area (TPSA) is 64.6 Å². The van der Waals surface area contributed by atoms with Crippen LogP contribution in [-0.2, 0) is 0 Å². The van der Waals surface area contributed by atoms with Crippen molar-refractivity contribution in [2.24, 2.45) is 0 Å². The minimum Gasteiger partial charge on any atom is -0.394 e. The van der Waals surface area contributed by atoms with Crippen LogP contribution in [0, 0.1) is 0 Å². The molecule has 0 saturated carbocycles. The maximum atomic E-state index is 12.0. The number of amides is 2. The molecule has 0 fully saturated rings. The average molecular weight is 300 g/mol. The molecule has 1 atom stereocenters. The van der Waals surface area contributed by atoms with Crippen molar-refractivity contribution in [1.29, 1.82) is 0 Å². The van der Waals surface area contributed by atoms with E-state index < -0.39 is 5.54 Å². The zero-order valence-electron chi connectivity index (χ0n) is 12.3. The lowest BCUT2D eigenvalue weighted by Gasteiger charge is -2.27. The molecule has 5 nitrogen and oxygen atoms in total. The number of aliphatic hydroxyl groups is 1. The van der Waals surface area contributed by atoms with Gasteiger partial charge in [0.05, 0.1) is 23.5 Å². The highest BCUT2D eigenvalue weighted by molar-refractivity contribution is 6.31. The number of anilines is 2. The van der Waals surface area contributed by atoms with Crippen LogP contribution in [0.3, 0.4) is 0 Å². The fourth-order valence-corrected chi connectivity index (χ4v) is 1.84. The smallest absolute Gasteiger partial charge is 0.319 e. The summed E-state index contributed by atoms with van der Waals surface area (Å²) in [4.78, 5) is 13.9. The van der Waals surface area contributed by atoms with Crippen molar-refractivity contribution in [3.63, 3.8) is 0 Å². The molecule has 0 aromatic heterocycles. The Morgan fingerprint density at radius 1 is 1.45 bits per heavy atom. The van der Waals surface area contributed by atoms with Crippen LogP contribution >= 0.6 is 11.6 Å². The van der Waals surface area contributed by atoms with Crippen molar-refractivity contribution < 1.29 is 9.90 Å². The van der Waals surface area contributed by atoms with Crippen molar-refractivity contribution in [3.05, 3.63) is 23.2 Å². The van der Waals surface area contributed by atoms with Crippen LogP contribution in [-0.4, -0.2) is 37.4 Å². The third-order valence-corrected chi connectivity index (χ3v) is 3.47. The van der Waals surface area contributed by atoms with Gasteiger partial charge < -0.3 is 20.6 Å². The van der Waals surface area contributed by atoms with Crippen LogP contribution in [0.4, 0.5) is 16.2 Å². The van der Waals surface area contributed by atoms with Crippen LogP contribution in [0.2, 0.25) is 5.02 Å². The van der Waals surface area contributed by atoms with Gasteiger partial charge in [-0.2, -0.15) is 0 Å². The van der Waals surface area contributed by atoms with Gasteiger partial charge in [0, 0.05) is 19.1 Å². The summed E-state index contributed by atoms with van der Waals surface area (Å²) in [6.45, 7) is 3.57. The molecule has 0 aliphatic rings. The summed E-state index contributed by atoms with van der Waals surface area (Å²) in [6, 6.07) is 4.93. The number of nitrogens with zero attached hydrogens (tertiary/aromatic N) is 1. The number of aliphatic hydroxyl groups excluding tert-OH is 1. The van der Waals surface area contributed by atoms with Gasteiger partial charge in [-0.05, 0) is 31.5 Å². The molecule has 20 heavy (non-hydrogen) atoms. The van der Waals surface area contributed by atoms with Crippen molar-refractivity contribution in [1.82, 2.24) is 5.32 Å². The summed E-state index contributed by atoms with van der Waals surface area (Å²) in [5.74, 6) is 0. The maximum absolute atomic E-state index is 12.0. The molecule has 1 aromatic carbocycles. The van der Waals surface area contributed by atoms with Crippen molar-refractivity contribution in [3.8, 4) is 0 Å². The lowest BCUT2D eigenvalue weighted by molar-refractivity contribution is 0.172. The first kappa shape index (κ1) is 16.6. The van der Waals surface area contributed by atoms with Gasteiger partial charge in [-0.1, -0.05) is 18.5 Å². The molecule has 0 aliphatic carbocycles. The second-order valence-electron chi connectivity index (χ2n) is 5.21. The van der Waals surface area contributed by atoms with Gasteiger partial charge in [-0.3, -0.25) is 0 Å². The maximum Gasteiger partial charge on any atom is 0.319 e. The number of carbonyl (C=O) groups excluding carboxylic acids is 1. The van der Waals surface area contributed by atoms with Gasteiger partial charge >= 0.3 is 6.03 Å². The second-order valence-corrected chi connectivity index (χ2v) is 5.64. The summed E-state index contributed by atoms with van der Waals surface area (Å²) in [5.41, 5.74) is 0.837. The molecule has 2 amide bonds. The number of hydrogen-bond donors (Lipinski definition) is 3. The lowest BCUT2D eigenvalue weighted by atomic mass is 10.0. The largest absolute Gasteiger partial charge is 0.394 e. The number of nitrogens with one attached hydrogen (secondary N) is 2. The van der Waals surface area contributed by atoms with Gasteiger partial charge in [-0.25, -0.2) is 4.79 Å². The molecule has 0 heterocycles. The molecule has 1 aromatic rings. The Morgan fingerprint density at radius 2 is 2.10 bits per heavy atom. The summed E-state index contributed by atoms with van der Waals surface area (Å²) in [7, 11) is 3.77. The Hall–Kier alpha value is -1.46. The van der Waals surface area contributed by atoms with Gasteiger partial charge in [-0.15, -0.1) is 0 Å². The molecule has 1 unspecified atom stereocenters. The van der Waals surface area contributed by atoms with Crippen molar-refractivity contribution in [2.45, 2.75) is 25.8 Å². The fourth-order valence-electron chi connectivity index (χ4n) is 1.67. The monoisotopic (exact) mass is 299 g/mol. The Labute approximate surface area is 124 Å². The first-order chi connectivity index (χ1) is 9.31. The Bertz CT molecular complexity index is 473. The molecule has 0 saturated heterocycles. The van der Waals surface area contributed by atoms with E-state index in [1.807, 2.05) is 32.0 Å². The number of halogens is 1. The zero-order chi connectivity index (χ0) is 15.3. The summed E-state index contributed by atoms with van der Waals surface area (Å²) in [6.07, 6.45) is 0.632. The van der Waals surface area contributed by atoms with Gasteiger partial charge in [0.15, 0.2) is 0 Å². The Balaban J connectivity index is 2.88. The minimum absolute atomic E-state index is 0.118. The molecule has 0 bridgehead atoms. The van der Waals surface area contributed by atoms with E-state index >= 15 is 0 Å². The number of benzene rings is 1. The van der Waals surface area contributed by atoms with E-state index in [2.05, 4.69) is 10.6 Å². The van der Waals surface area contributed by atoms with Gasteiger partial charge in [0.1, 0.15) is 0 Å². The first-order valence-electron chi connectivity index (χ1n) is 6.48. The third-order valence-electron chi connectivity index (χ3n) is 3.23. The van der Waals surface area contributed by atoms with E-state index in [0.29, 0.717) is 17.1 Å². The number of carbonyl (C=O) groups is 1. The van der Waals surface area contributed by atoms with Crippen LogP contribution < -0.4 is 15.5 Å². The summed E-state index contributed by atoms with van der Waals surface area (Å²) in [5, 5.41) is 15.4. The van der Waals surface area contributed by atoms with Crippen LogP contribution in [0.15, 0.2) is 18.2 Å². The number of hydrogen-bond acceptors (Lipinski definition) is 3. The standard InChI is InChI=1S/C14H22ClN3O2/c1-5-14(2,9-19)17-13(20)16-11-8-10(15)6-7-12(11)18(3)4/h6-8,19H,5,9H2,1-4H3,(H2,16,17,20). The molecule has 112 valence electrons. The second kappa shape index (κ2) is 6.81. The van der Waals surface area contributed by atoms with Crippen LogP contribution in [0.25, 0.3) is 0 Å². The lowest BCUT2D eigenvalue weighted by Crippen LogP contribution is -2.50. The molecule has 1 rings (SSSR count). The minimum atomic E-state index is -0.638. The van der Waals surface area contributed by atoms with E-state index in [1.165, 1.54) is 0 Å². The van der Waals surface area contributed by atoms with Crippen molar-refractivity contribution >= 4 is 29.0 Å². The van der Waals surface area contributed by atoms with Crippen LogP contribution in [0.5, 0.6) is 0 Å². The summed E-state index contributed by atoms with van der Waals surface area (Å²) >= 11 is 5.96. The molecule has 6 heteroatoms. The zero-order valence-corrected chi connectivity index (χ0v) is 13.1. The quantitative estimate of drug-likeness (QED) is 0.783. The fraction of sp³-hybridized carbons (Fsp3) is 0.500. The van der Waals surface area contributed by atoms with Gasteiger partial charge in [0.25, 0.3) is 0 Å². The van der Waals surface area contributed by atoms with E-state index in [9.17, 15) is 9.90 Å². The molecule has 0 spiro atoms. The van der Waals surface area contributed by atoms with E-state index in [-0.39, 0.29) is 12.6 Å². The first-order valence-corrected chi connectivity index (χ1v) is 6.86. The molecule has 3 N–H and O–H groups in total. The van der Waals surface area contributed by atoms with E-state index in [0.717, 1.165) is 5.69 Å². The molecular formula is C14H22ClN3O2. The van der Waals surface area contributed by atoms with Crippen LogP contribution in [0.1, 0.15) is 20.3 Å².